The minimum atomic E-state index is -0.866. The summed E-state index contributed by atoms with van der Waals surface area (Å²) in [5.74, 6) is -0.866. The smallest absolute Gasteiger partial charge is 0.323 e. The number of hydrogen-bond donors (Lipinski definition) is 2. The zero-order valence-electron chi connectivity index (χ0n) is 9.14. The van der Waals surface area contributed by atoms with Gasteiger partial charge in [-0.1, -0.05) is 30.3 Å². The lowest BCUT2D eigenvalue weighted by atomic mass is 9.94. The quantitative estimate of drug-likeness (QED) is 0.781. The average molecular weight is 221 g/mol. The highest BCUT2D eigenvalue weighted by Crippen LogP contribution is 2.27. The fraction of sp³-hybridized carbons (Fsp3) is 0.417. The summed E-state index contributed by atoms with van der Waals surface area (Å²) in [4.78, 5) is 10.8. The van der Waals surface area contributed by atoms with E-state index in [-0.39, 0.29) is 6.61 Å². The van der Waals surface area contributed by atoms with Gasteiger partial charge in [0.05, 0.1) is 6.61 Å². The van der Waals surface area contributed by atoms with Crippen molar-refractivity contribution in [1.82, 2.24) is 5.32 Å². The van der Waals surface area contributed by atoms with Crippen molar-refractivity contribution >= 4 is 5.97 Å². The summed E-state index contributed by atoms with van der Waals surface area (Å²) >= 11 is 0. The Morgan fingerprint density at radius 1 is 1.50 bits per heavy atom. The lowest BCUT2D eigenvalue weighted by Crippen LogP contribution is -2.54. The fourth-order valence-electron chi connectivity index (χ4n) is 1.83. The van der Waals surface area contributed by atoms with Crippen molar-refractivity contribution in [3.63, 3.8) is 0 Å². The Morgan fingerprint density at radius 3 is 2.69 bits per heavy atom. The number of hydrogen-bond acceptors (Lipinski definition) is 3. The maximum atomic E-state index is 10.8. The summed E-state index contributed by atoms with van der Waals surface area (Å²) in [5.41, 5.74) is 0.624. The molecule has 1 aliphatic heterocycles. The average Bonchev–Trinajstić information content (AvgIpc) is 2.31. The second-order valence-corrected chi connectivity index (χ2v) is 4.18. The maximum Gasteiger partial charge on any atom is 0.323 e. The normalized spacial score (nSPS) is 29.9. The molecule has 1 fully saturated rings. The van der Waals surface area contributed by atoms with Crippen molar-refractivity contribution in [2.45, 2.75) is 18.6 Å². The Hall–Kier alpha value is -1.39. The number of aliphatic carboxylic acids is 1. The van der Waals surface area contributed by atoms with Crippen molar-refractivity contribution < 1.29 is 14.6 Å². The van der Waals surface area contributed by atoms with Gasteiger partial charge in [-0.15, -0.1) is 0 Å². The number of morpholine rings is 1. The first-order valence-electron chi connectivity index (χ1n) is 5.27. The number of carboxylic acid groups (broad SMARTS) is 1. The Kier molecular flexibility index (Phi) is 2.94. The van der Waals surface area contributed by atoms with Crippen molar-refractivity contribution in [2.24, 2.45) is 0 Å². The molecular formula is C12H15NO3. The van der Waals surface area contributed by atoms with Gasteiger partial charge in [-0.3, -0.25) is 10.1 Å². The van der Waals surface area contributed by atoms with Crippen LogP contribution in [0.15, 0.2) is 30.3 Å². The van der Waals surface area contributed by atoms with Gasteiger partial charge in [-0.25, -0.2) is 0 Å². The molecule has 2 N–H and O–H groups in total. The van der Waals surface area contributed by atoms with E-state index in [9.17, 15) is 4.79 Å². The topological polar surface area (TPSA) is 58.6 Å². The van der Waals surface area contributed by atoms with Crippen molar-refractivity contribution in [3.8, 4) is 0 Å². The molecule has 0 aromatic heterocycles. The van der Waals surface area contributed by atoms with Gasteiger partial charge < -0.3 is 9.84 Å². The zero-order valence-corrected chi connectivity index (χ0v) is 9.14. The summed E-state index contributed by atoms with van der Waals surface area (Å²) in [6.45, 7) is 2.67. The molecule has 1 heterocycles. The molecule has 2 unspecified atom stereocenters. The van der Waals surface area contributed by atoms with Gasteiger partial charge in [-0.05, 0) is 12.5 Å². The lowest BCUT2D eigenvalue weighted by molar-refractivity contribution is -0.148. The molecule has 2 atom stereocenters. The van der Waals surface area contributed by atoms with Crippen LogP contribution in [0, 0.1) is 0 Å². The third-order valence-corrected chi connectivity index (χ3v) is 2.94. The van der Waals surface area contributed by atoms with E-state index in [1.807, 2.05) is 37.3 Å². The molecule has 0 bridgehead atoms. The van der Waals surface area contributed by atoms with E-state index in [1.165, 1.54) is 0 Å². The SMILES string of the molecule is CC1(c2ccccc2)CNC(C(=O)O)CO1. The van der Waals surface area contributed by atoms with Crippen LogP contribution in [-0.4, -0.2) is 30.3 Å². The molecule has 0 spiro atoms. The maximum absolute atomic E-state index is 10.8. The van der Waals surface area contributed by atoms with Crippen LogP contribution in [-0.2, 0) is 15.1 Å². The molecule has 1 saturated heterocycles. The summed E-state index contributed by atoms with van der Waals surface area (Å²) in [5, 5.41) is 11.8. The molecule has 2 rings (SSSR count). The van der Waals surface area contributed by atoms with Gasteiger partial charge >= 0.3 is 5.97 Å². The van der Waals surface area contributed by atoms with Crippen molar-refractivity contribution in [3.05, 3.63) is 35.9 Å². The van der Waals surface area contributed by atoms with Crippen LogP contribution >= 0.6 is 0 Å². The van der Waals surface area contributed by atoms with E-state index >= 15 is 0 Å². The van der Waals surface area contributed by atoms with Crippen LogP contribution < -0.4 is 5.32 Å². The summed E-state index contributed by atoms with van der Waals surface area (Å²) < 4.78 is 5.68. The van der Waals surface area contributed by atoms with Crippen LogP contribution in [0.2, 0.25) is 0 Å². The molecule has 86 valence electrons. The molecule has 4 nitrogen and oxygen atoms in total. The number of benzene rings is 1. The molecule has 4 heteroatoms. The lowest BCUT2D eigenvalue weighted by Gasteiger charge is -2.37. The summed E-state index contributed by atoms with van der Waals surface area (Å²) in [6.07, 6.45) is 0. The van der Waals surface area contributed by atoms with Crippen molar-refractivity contribution in [2.75, 3.05) is 13.2 Å². The highest BCUT2D eigenvalue weighted by Gasteiger charge is 2.35. The van der Waals surface area contributed by atoms with Crippen LogP contribution in [0.5, 0.6) is 0 Å². The van der Waals surface area contributed by atoms with Crippen LogP contribution in [0.1, 0.15) is 12.5 Å². The number of ether oxygens (including phenoxy) is 1. The second-order valence-electron chi connectivity index (χ2n) is 4.18. The first-order chi connectivity index (χ1) is 7.62. The van der Waals surface area contributed by atoms with Gasteiger partial charge in [0.1, 0.15) is 11.6 Å². The van der Waals surface area contributed by atoms with Gasteiger partial charge in [0.2, 0.25) is 0 Å². The van der Waals surface area contributed by atoms with E-state index in [2.05, 4.69) is 5.32 Å². The first-order valence-corrected chi connectivity index (χ1v) is 5.27. The first kappa shape index (κ1) is 11.1. The molecular weight excluding hydrogens is 206 g/mol. The van der Waals surface area contributed by atoms with Gasteiger partial charge in [0.25, 0.3) is 0 Å². The molecule has 16 heavy (non-hydrogen) atoms. The molecule has 1 aromatic carbocycles. The molecule has 1 aromatic rings. The third kappa shape index (κ3) is 2.08. The van der Waals surface area contributed by atoms with E-state index in [0.717, 1.165) is 5.56 Å². The molecule has 0 aliphatic carbocycles. The van der Waals surface area contributed by atoms with Gasteiger partial charge in [0.15, 0.2) is 0 Å². The monoisotopic (exact) mass is 221 g/mol. The van der Waals surface area contributed by atoms with Crippen molar-refractivity contribution in [1.29, 1.82) is 0 Å². The van der Waals surface area contributed by atoms with Crippen LogP contribution in [0.25, 0.3) is 0 Å². The summed E-state index contributed by atoms with van der Waals surface area (Å²) in [6, 6.07) is 9.23. The fourth-order valence-corrected chi connectivity index (χ4v) is 1.83. The Morgan fingerprint density at radius 2 is 2.19 bits per heavy atom. The highest BCUT2D eigenvalue weighted by atomic mass is 16.5. The van der Waals surface area contributed by atoms with E-state index in [0.29, 0.717) is 6.54 Å². The number of rotatable bonds is 2. The largest absolute Gasteiger partial charge is 0.480 e. The van der Waals surface area contributed by atoms with E-state index in [4.69, 9.17) is 9.84 Å². The predicted molar refractivity (Wildman–Crippen MR) is 59.2 cm³/mol. The third-order valence-electron chi connectivity index (χ3n) is 2.94. The summed E-state index contributed by atoms with van der Waals surface area (Å²) in [7, 11) is 0. The highest BCUT2D eigenvalue weighted by molar-refractivity contribution is 5.73. The van der Waals surface area contributed by atoms with E-state index < -0.39 is 17.6 Å². The molecule has 0 radical (unpaired) electrons. The predicted octanol–water partition coefficient (Wildman–Crippen LogP) is 0.975. The van der Waals surface area contributed by atoms with E-state index in [1.54, 1.807) is 0 Å². The number of carboxylic acids is 1. The van der Waals surface area contributed by atoms with Gasteiger partial charge in [-0.2, -0.15) is 0 Å². The second kappa shape index (κ2) is 4.23. The Bertz CT molecular complexity index is 369. The number of nitrogens with one attached hydrogen (secondary N) is 1. The zero-order chi connectivity index (χ0) is 11.6. The Labute approximate surface area is 94.2 Å². The minimum Gasteiger partial charge on any atom is -0.480 e. The molecule has 0 saturated carbocycles. The minimum absolute atomic E-state index is 0.195. The van der Waals surface area contributed by atoms with Gasteiger partial charge in [0, 0.05) is 6.54 Å². The standard InChI is InChI=1S/C12H15NO3/c1-12(9-5-3-2-4-6-9)8-13-10(7-16-12)11(14)15/h2-6,10,13H,7-8H2,1H3,(H,14,15). The van der Waals surface area contributed by atoms with Crippen LogP contribution in [0.3, 0.4) is 0 Å². The molecule has 0 amide bonds. The molecule has 1 aliphatic rings. The van der Waals surface area contributed by atoms with Crippen LogP contribution in [0.4, 0.5) is 0 Å². The Balaban J connectivity index is 2.10. The number of carbonyl (C=O) groups is 1.